The zero-order valence-electron chi connectivity index (χ0n) is 7.44. The molecule has 0 amide bonds. The van der Waals surface area contributed by atoms with E-state index in [-0.39, 0.29) is 0 Å². The van der Waals surface area contributed by atoms with Gasteiger partial charge in [-0.25, -0.2) is 13.1 Å². The van der Waals surface area contributed by atoms with Crippen molar-refractivity contribution in [2.45, 2.75) is 19.8 Å². The number of sulfonamides is 1. The maximum atomic E-state index is 10.7. The Morgan fingerprint density at radius 1 is 1.67 bits per heavy atom. The highest BCUT2D eigenvalue weighted by molar-refractivity contribution is 7.88. The number of hydrogen-bond acceptors (Lipinski definition) is 4. The summed E-state index contributed by atoms with van der Waals surface area (Å²) < 4.78 is 28.3. The average Bonchev–Trinajstić information content (AvgIpc) is 1.84. The fourth-order valence-corrected chi connectivity index (χ4v) is 1.50. The molecule has 0 radical (unpaired) electrons. The molecule has 1 atom stereocenters. The summed E-state index contributed by atoms with van der Waals surface area (Å²) in [6, 6.07) is 0. The zero-order valence-corrected chi connectivity index (χ0v) is 8.26. The Balaban J connectivity index is 3.95. The molecule has 1 unspecified atom stereocenters. The molecular formula is C5H14BNO4S. The molecular weight excluding hydrogens is 181 g/mol. The van der Waals surface area contributed by atoms with Crippen molar-refractivity contribution in [3.05, 3.63) is 0 Å². The van der Waals surface area contributed by atoms with E-state index in [0.717, 1.165) is 6.26 Å². The summed E-state index contributed by atoms with van der Waals surface area (Å²) in [6.45, 7) is 3.59. The molecule has 0 bridgehead atoms. The van der Waals surface area contributed by atoms with Gasteiger partial charge in [-0.05, 0) is 6.92 Å². The smallest absolute Gasteiger partial charge is 0.426 e. The lowest BCUT2D eigenvalue weighted by Gasteiger charge is -2.14. The van der Waals surface area contributed by atoms with Crippen molar-refractivity contribution in [3.63, 3.8) is 0 Å². The van der Waals surface area contributed by atoms with E-state index in [1.54, 1.807) is 6.92 Å². The van der Waals surface area contributed by atoms with Crippen LogP contribution in [-0.4, -0.2) is 39.4 Å². The minimum atomic E-state index is -3.28. The van der Waals surface area contributed by atoms with Gasteiger partial charge in [0, 0.05) is 6.61 Å². The molecule has 0 aromatic carbocycles. The van der Waals surface area contributed by atoms with E-state index < -0.39 is 23.1 Å². The Morgan fingerprint density at radius 2 is 2.17 bits per heavy atom. The van der Waals surface area contributed by atoms with E-state index in [2.05, 4.69) is 4.72 Å². The molecule has 0 fully saturated rings. The lowest BCUT2D eigenvalue weighted by Crippen LogP contribution is -2.45. The lowest BCUT2D eigenvalue weighted by atomic mass is 9.81. The Morgan fingerprint density at radius 3 is 2.50 bits per heavy atom. The van der Waals surface area contributed by atoms with Crippen LogP contribution in [0.5, 0.6) is 0 Å². The van der Waals surface area contributed by atoms with Crippen LogP contribution in [0, 0.1) is 0 Å². The predicted molar refractivity (Wildman–Crippen MR) is 47.0 cm³/mol. The second-order valence-corrected chi connectivity index (χ2v) is 4.30. The first kappa shape index (κ1) is 11.9. The second-order valence-electron chi connectivity index (χ2n) is 2.52. The number of nitrogens with one attached hydrogen (secondary N) is 1. The molecule has 72 valence electrons. The molecule has 0 spiro atoms. The normalized spacial score (nSPS) is 14.3. The van der Waals surface area contributed by atoms with Gasteiger partial charge in [0.05, 0.1) is 12.2 Å². The summed E-state index contributed by atoms with van der Waals surface area (Å²) in [5.41, 5.74) is 0. The molecule has 7 heteroatoms. The van der Waals surface area contributed by atoms with E-state index in [4.69, 9.17) is 9.68 Å². The third kappa shape index (κ3) is 5.53. The van der Waals surface area contributed by atoms with Crippen molar-refractivity contribution in [2.24, 2.45) is 0 Å². The predicted octanol–water partition coefficient (Wildman–Crippen LogP) is -1.02. The highest BCUT2D eigenvalue weighted by Crippen LogP contribution is 1.91. The SMILES string of the molecule is CCOB(O)C(C)NS(C)(=O)=O. The van der Waals surface area contributed by atoms with Gasteiger partial charge in [-0.2, -0.15) is 0 Å². The van der Waals surface area contributed by atoms with E-state index in [1.807, 2.05) is 0 Å². The molecule has 0 saturated heterocycles. The van der Waals surface area contributed by atoms with Crippen molar-refractivity contribution in [1.29, 1.82) is 0 Å². The van der Waals surface area contributed by atoms with Crippen molar-refractivity contribution < 1.29 is 18.1 Å². The van der Waals surface area contributed by atoms with Crippen LogP contribution in [-0.2, 0) is 14.7 Å². The molecule has 5 nitrogen and oxygen atoms in total. The van der Waals surface area contributed by atoms with Crippen LogP contribution in [0.25, 0.3) is 0 Å². The van der Waals surface area contributed by atoms with Crippen molar-refractivity contribution in [1.82, 2.24) is 4.72 Å². The third-order valence-corrected chi connectivity index (χ3v) is 1.97. The minimum Gasteiger partial charge on any atom is -0.426 e. The van der Waals surface area contributed by atoms with Crippen LogP contribution in [0.1, 0.15) is 13.8 Å². The number of hydrogen-bond donors (Lipinski definition) is 2. The standard InChI is InChI=1S/C5H14BNO4S/c1-4-11-6(8)5(2)7-12(3,9)10/h5,7-8H,4H2,1-3H3. The minimum absolute atomic E-state index is 0.344. The molecule has 0 aliphatic heterocycles. The van der Waals surface area contributed by atoms with Crippen LogP contribution in [0.4, 0.5) is 0 Å². The molecule has 0 aliphatic carbocycles. The highest BCUT2D eigenvalue weighted by atomic mass is 32.2. The van der Waals surface area contributed by atoms with Gasteiger partial charge in [0.15, 0.2) is 0 Å². The van der Waals surface area contributed by atoms with Crippen LogP contribution < -0.4 is 4.72 Å². The van der Waals surface area contributed by atoms with Crippen molar-refractivity contribution in [3.8, 4) is 0 Å². The van der Waals surface area contributed by atoms with Crippen molar-refractivity contribution in [2.75, 3.05) is 12.9 Å². The zero-order chi connectivity index (χ0) is 9.78. The fraction of sp³-hybridized carbons (Fsp3) is 1.00. The summed E-state index contributed by atoms with van der Waals surface area (Å²) in [7, 11) is -4.37. The van der Waals surface area contributed by atoms with Gasteiger partial charge in [-0.1, -0.05) is 6.92 Å². The Bertz CT molecular complexity index is 217. The summed E-state index contributed by atoms with van der Waals surface area (Å²) in [5, 5.41) is 9.13. The van der Waals surface area contributed by atoms with Gasteiger partial charge in [0.2, 0.25) is 10.0 Å². The first-order valence-corrected chi connectivity index (χ1v) is 5.53. The highest BCUT2D eigenvalue weighted by Gasteiger charge is 2.24. The summed E-state index contributed by atoms with van der Waals surface area (Å²) in [5.74, 6) is -0.625. The van der Waals surface area contributed by atoms with Gasteiger partial charge < -0.3 is 9.68 Å². The average molecular weight is 195 g/mol. The molecule has 0 saturated carbocycles. The Labute approximate surface area is 73.3 Å². The van der Waals surface area contributed by atoms with Gasteiger partial charge in [-0.15, -0.1) is 0 Å². The van der Waals surface area contributed by atoms with Crippen LogP contribution >= 0.6 is 0 Å². The topological polar surface area (TPSA) is 75.6 Å². The summed E-state index contributed by atoms with van der Waals surface area (Å²) in [6.07, 6.45) is 1.03. The van der Waals surface area contributed by atoms with Crippen molar-refractivity contribution >= 4 is 17.1 Å². The third-order valence-electron chi connectivity index (χ3n) is 1.17. The van der Waals surface area contributed by atoms with Gasteiger partial charge in [0.1, 0.15) is 0 Å². The van der Waals surface area contributed by atoms with Crippen LogP contribution in [0.2, 0.25) is 0 Å². The maximum Gasteiger partial charge on any atom is 0.473 e. The maximum absolute atomic E-state index is 10.7. The van der Waals surface area contributed by atoms with E-state index in [9.17, 15) is 8.42 Å². The van der Waals surface area contributed by atoms with E-state index in [0.29, 0.717) is 6.61 Å². The molecule has 0 aromatic heterocycles. The Kier molecular flexibility index (Phi) is 4.77. The molecule has 0 rings (SSSR count). The summed E-state index contributed by atoms with van der Waals surface area (Å²) in [4.78, 5) is 0. The quantitative estimate of drug-likeness (QED) is 0.550. The second kappa shape index (κ2) is 4.81. The first-order valence-electron chi connectivity index (χ1n) is 3.63. The molecule has 0 aliphatic rings. The molecule has 12 heavy (non-hydrogen) atoms. The summed E-state index contributed by atoms with van der Waals surface area (Å²) >= 11 is 0. The van der Waals surface area contributed by atoms with Crippen LogP contribution in [0.15, 0.2) is 0 Å². The lowest BCUT2D eigenvalue weighted by molar-refractivity contribution is 0.264. The monoisotopic (exact) mass is 195 g/mol. The van der Waals surface area contributed by atoms with Crippen LogP contribution in [0.3, 0.4) is 0 Å². The van der Waals surface area contributed by atoms with Gasteiger partial charge in [0.25, 0.3) is 0 Å². The van der Waals surface area contributed by atoms with E-state index >= 15 is 0 Å². The Hall–Kier alpha value is -0.105. The fourth-order valence-electron chi connectivity index (χ4n) is 0.711. The van der Waals surface area contributed by atoms with E-state index in [1.165, 1.54) is 6.92 Å². The molecule has 2 N–H and O–H groups in total. The first-order chi connectivity index (χ1) is 5.37. The molecule has 0 aromatic rings. The van der Waals surface area contributed by atoms with Gasteiger partial charge >= 0.3 is 7.12 Å². The van der Waals surface area contributed by atoms with Gasteiger partial charge in [-0.3, -0.25) is 0 Å². The largest absolute Gasteiger partial charge is 0.473 e. The molecule has 0 heterocycles. The number of rotatable bonds is 5.